The fourth-order valence-corrected chi connectivity index (χ4v) is 4.09. The molecule has 0 spiro atoms. The summed E-state index contributed by atoms with van der Waals surface area (Å²) in [7, 11) is 0. The molecule has 0 atom stereocenters. The Kier molecular flexibility index (Phi) is 5.50. The number of amides is 2. The highest BCUT2D eigenvalue weighted by Gasteiger charge is 2.36. The van der Waals surface area contributed by atoms with Crippen LogP contribution in [0.3, 0.4) is 0 Å². The van der Waals surface area contributed by atoms with E-state index >= 15 is 0 Å². The average molecular weight is 486 g/mol. The SMILES string of the molecule is O=C1Nc2cccc(F)c2Nc2nnc(N3CCN(C(=O)c4ccccc4C(F)(F)F)CC3)cc21. The maximum Gasteiger partial charge on any atom is 0.417 e. The van der Waals surface area contributed by atoms with Gasteiger partial charge in [0, 0.05) is 26.2 Å². The van der Waals surface area contributed by atoms with Crippen molar-refractivity contribution in [3.63, 3.8) is 0 Å². The van der Waals surface area contributed by atoms with E-state index in [1.807, 2.05) is 0 Å². The molecule has 1 saturated heterocycles. The third-order valence-corrected chi connectivity index (χ3v) is 5.88. The fraction of sp³-hybridized carbons (Fsp3) is 0.217. The van der Waals surface area contributed by atoms with Gasteiger partial charge >= 0.3 is 6.18 Å². The van der Waals surface area contributed by atoms with E-state index in [9.17, 15) is 27.2 Å². The third kappa shape index (κ3) is 4.22. The first-order chi connectivity index (χ1) is 16.7. The molecule has 2 aliphatic heterocycles. The zero-order valence-corrected chi connectivity index (χ0v) is 18.1. The number of rotatable bonds is 2. The molecule has 3 heterocycles. The summed E-state index contributed by atoms with van der Waals surface area (Å²) < 4.78 is 54.1. The van der Waals surface area contributed by atoms with E-state index in [2.05, 4.69) is 20.8 Å². The standard InChI is InChI=1S/C23H18F4N6O2/c24-16-6-3-7-17-19(16)29-20-14(21(34)28-17)12-18(30-31-20)32-8-10-33(11-9-32)22(35)13-4-1-2-5-15(13)23(25,26)27/h1-7,12H,8-11H2,(H,28,34)(H,29,31). The van der Waals surface area contributed by atoms with Gasteiger partial charge in [-0.1, -0.05) is 18.2 Å². The molecule has 3 aromatic rings. The van der Waals surface area contributed by atoms with Gasteiger partial charge in [0.25, 0.3) is 11.8 Å². The van der Waals surface area contributed by atoms with Crippen LogP contribution in [-0.2, 0) is 6.18 Å². The zero-order chi connectivity index (χ0) is 24.7. The molecule has 8 nitrogen and oxygen atoms in total. The van der Waals surface area contributed by atoms with Crippen molar-refractivity contribution in [2.75, 3.05) is 41.7 Å². The van der Waals surface area contributed by atoms with Gasteiger partial charge in [-0.05, 0) is 30.3 Å². The number of piperazine rings is 1. The molecule has 0 radical (unpaired) electrons. The molecular formula is C23H18F4N6O2. The summed E-state index contributed by atoms with van der Waals surface area (Å²) in [6.45, 7) is 0.865. The number of para-hydroxylation sites is 1. The fourth-order valence-electron chi connectivity index (χ4n) is 4.09. The average Bonchev–Trinajstić information content (AvgIpc) is 2.99. The number of hydrogen-bond donors (Lipinski definition) is 2. The Morgan fingerprint density at radius 1 is 0.943 bits per heavy atom. The molecule has 0 unspecified atom stereocenters. The third-order valence-electron chi connectivity index (χ3n) is 5.88. The Bertz CT molecular complexity index is 1320. The monoisotopic (exact) mass is 486 g/mol. The number of aromatic nitrogens is 2. The number of anilines is 4. The van der Waals surface area contributed by atoms with Crippen molar-refractivity contribution in [2.24, 2.45) is 0 Å². The van der Waals surface area contributed by atoms with Gasteiger partial charge in [-0.3, -0.25) is 9.59 Å². The van der Waals surface area contributed by atoms with Crippen LogP contribution in [0.4, 0.5) is 40.6 Å². The number of halogens is 4. The largest absolute Gasteiger partial charge is 0.417 e. The molecule has 0 aliphatic carbocycles. The normalized spacial score (nSPS) is 15.5. The highest BCUT2D eigenvalue weighted by atomic mass is 19.4. The summed E-state index contributed by atoms with van der Waals surface area (Å²) in [5.41, 5.74) is -0.871. The highest BCUT2D eigenvalue weighted by molar-refractivity contribution is 6.11. The molecule has 1 aromatic heterocycles. The highest BCUT2D eigenvalue weighted by Crippen LogP contribution is 2.34. The van der Waals surface area contributed by atoms with Crippen LogP contribution in [0.25, 0.3) is 0 Å². The summed E-state index contributed by atoms with van der Waals surface area (Å²) in [4.78, 5) is 28.7. The Morgan fingerprint density at radius 2 is 1.69 bits per heavy atom. The van der Waals surface area contributed by atoms with E-state index < -0.39 is 34.9 Å². The maximum atomic E-state index is 14.2. The van der Waals surface area contributed by atoms with E-state index in [0.29, 0.717) is 5.82 Å². The predicted octanol–water partition coefficient (Wildman–Crippen LogP) is 3.91. The van der Waals surface area contributed by atoms with Gasteiger partial charge < -0.3 is 20.4 Å². The first-order valence-corrected chi connectivity index (χ1v) is 10.7. The Morgan fingerprint density at radius 3 is 2.43 bits per heavy atom. The van der Waals surface area contributed by atoms with Gasteiger partial charge in [0.05, 0.1) is 28.1 Å². The molecule has 5 rings (SSSR count). The molecule has 0 saturated carbocycles. The number of carbonyl (C=O) groups excluding carboxylic acids is 2. The van der Waals surface area contributed by atoms with Crippen LogP contribution >= 0.6 is 0 Å². The first-order valence-electron chi connectivity index (χ1n) is 10.7. The molecule has 2 N–H and O–H groups in total. The molecular weight excluding hydrogens is 468 g/mol. The lowest BCUT2D eigenvalue weighted by Gasteiger charge is -2.35. The second-order valence-corrected chi connectivity index (χ2v) is 8.03. The zero-order valence-electron chi connectivity index (χ0n) is 18.1. The number of hydrogen-bond acceptors (Lipinski definition) is 6. The summed E-state index contributed by atoms with van der Waals surface area (Å²) in [6.07, 6.45) is -4.64. The van der Waals surface area contributed by atoms with Gasteiger partial charge in [0.15, 0.2) is 11.6 Å². The Balaban J connectivity index is 1.32. The lowest BCUT2D eigenvalue weighted by Crippen LogP contribution is -2.49. The molecule has 2 amide bonds. The van der Waals surface area contributed by atoms with E-state index in [4.69, 9.17) is 0 Å². The minimum absolute atomic E-state index is 0.0768. The van der Waals surface area contributed by atoms with Crippen molar-refractivity contribution in [2.45, 2.75) is 6.18 Å². The Labute approximate surface area is 196 Å². The van der Waals surface area contributed by atoms with Crippen molar-refractivity contribution >= 4 is 34.8 Å². The lowest BCUT2D eigenvalue weighted by atomic mass is 10.1. The van der Waals surface area contributed by atoms with E-state index in [0.717, 1.165) is 6.07 Å². The molecule has 2 aromatic carbocycles. The van der Waals surface area contributed by atoms with Gasteiger partial charge in [0.1, 0.15) is 5.82 Å². The Hall–Kier alpha value is -4.22. The minimum Gasteiger partial charge on any atom is -0.352 e. The molecule has 1 fully saturated rings. The van der Waals surface area contributed by atoms with Crippen LogP contribution in [0.15, 0.2) is 48.5 Å². The molecule has 35 heavy (non-hydrogen) atoms. The van der Waals surface area contributed by atoms with Crippen molar-refractivity contribution in [1.29, 1.82) is 0 Å². The van der Waals surface area contributed by atoms with Crippen molar-refractivity contribution in [3.05, 3.63) is 71.0 Å². The van der Waals surface area contributed by atoms with Crippen LogP contribution in [0.5, 0.6) is 0 Å². The van der Waals surface area contributed by atoms with Crippen LogP contribution in [-0.4, -0.2) is 53.1 Å². The summed E-state index contributed by atoms with van der Waals surface area (Å²) >= 11 is 0. The lowest BCUT2D eigenvalue weighted by molar-refractivity contribution is -0.138. The minimum atomic E-state index is -4.64. The summed E-state index contributed by atoms with van der Waals surface area (Å²) in [5, 5.41) is 13.6. The van der Waals surface area contributed by atoms with E-state index in [-0.39, 0.29) is 48.9 Å². The summed E-state index contributed by atoms with van der Waals surface area (Å²) in [5.74, 6) is -1.31. The van der Waals surface area contributed by atoms with Gasteiger partial charge in [-0.15, -0.1) is 10.2 Å². The second-order valence-electron chi connectivity index (χ2n) is 8.03. The van der Waals surface area contributed by atoms with Crippen LogP contribution in [0.2, 0.25) is 0 Å². The molecule has 180 valence electrons. The number of fused-ring (bicyclic) bond motifs is 2. The van der Waals surface area contributed by atoms with E-state index in [1.54, 1.807) is 11.0 Å². The number of nitrogens with zero attached hydrogens (tertiary/aromatic N) is 4. The summed E-state index contributed by atoms with van der Waals surface area (Å²) in [6, 6.07) is 10.5. The smallest absolute Gasteiger partial charge is 0.352 e. The van der Waals surface area contributed by atoms with E-state index in [1.165, 1.54) is 41.3 Å². The second kappa shape index (κ2) is 8.53. The molecule has 0 bridgehead atoms. The van der Waals surface area contributed by atoms with Crippen molar-refractivity contribution < 1.29 is 27.2 Å². The topological polar surface area (TPSA) is 90.5 Å². The quantitative estimate of drug-likeness (QED) is 0.534. The number of alkyl halides is 3. The van der Waals surface area contributed by atoms with Crippen molar-refractivity contribution in [3.8, 4) is 0 Å². The molecule has 2 aliphatic rings. The van der Waals surface area contributed by atoms with Crippen LogP contribution in [0.1, 0.15) is 26.3 Å². The number of nitrogens with one attached hydrogen (secondary N) is 2. The van der Waals surface area contributed by atoms with Crippen LogP contribution < -0.4 is 15.5 Å². The first kappa shape index (κ1) is 22.6. The number of benzene rings is 2. The van der Waals surface area contributed by atoms with Crippen LogP contribution in [0, 0.1) is 5.82 Å². The number of carbonyl (C=O) groups is 2. The van der Waals surface area contributed by atoms with Gasteiger partial charge in [0.2, 0.25) is 0 Å². The maximum absolute atomic E-state index is 14.2. The molecule has 12 heteroatoms. The van der Waals surface area contributed by atoms with Crippen molar-refractivity contribution in [1.82, 2.24) is 15.1 Å². The van der Waals surface area contributed by atoms with Gasteiger partial charge in [-0.2, -0.15) is 13.2 Å². The van der Waals surface area contributed by atoms with Gasteiger partial charge in [-0.25, -0.2) is 4.39 Å². The predicted molar refractivity (Wildman–Crippen MR) is 119 cm³/mol.